The monoisotopic (exact) mass is 220 g/mol. The lowest BCUT2D eigenvalue weighted by atomic mass is 9.84. The normalized spacial score (nSPS) is 13.6. The van der Waals surface area contributed by atoms with E-state index in [9.17, 15) is 9.90 Å². The number of carbonyl (C=O) groups is 1. The highest BCUT2D eigenvalue weighted by molar-refractivity contribution is 5.95. The molecule has 88 valence electrons. The summed E-state index contributed by atoms with van der Waals surface area (Å²) in [5, 5.41) is 10.1. The van der Waals surface area contributed by atoms with Crippen LogP contribution in [0, 0.1) is 5.41 Å². The Bertz CT molecular complexity index is 357. The van der Waals surface area contributed by atoms with Crippen molar-refractivity contribution in [3.8, 4) is 0 Å². The first-order valence-electron chi connectivity index (χ1n) is 5.67. The minimum absolute atomic E-state index is 0.136. The number of aliphatic hydroxyl groups is 1. The zero-order valence-corrected chi connectivity index (χ0v) is 10.4. The van der Waals surface area contributed by atoms with E-state index in [1.807, 2.05) is 39.8 Å². The molecule has 0 saturated heterocycles. The van der Waals surface area contributed by atoms with E-state index >= 15 is 0 Å². The van der Waals surface area contributed by atoms with Gasteiger partial charge >= 0.3 is 0 Å². The minimum Gasteiger partial charge on any atom is -0.388 e. The third-order valence-electron chi connectivity index (χ3n) is 2.69. The van der Waals surface area contributed by atoms with Gasteiger partial charge in [0.15, 0.2) is 5.78 Å². The number of rotatable bonds is 3. The maximum atomic E-state index is 11.4. The second-order valence-corrected chi connectivity index (χ2v) is 5.17. The van der Waals surface area contributed by atoms with Crippen molar-refractivity contribution in [1.29, 1.82) is 0 Å². The van der Waals surface area contributed by atoms with Gasteiger partial charge in [0.1, 0.15) is 0 Å². The van der Waals surface area contributed by atoms with E-state index in [1.54, 1.807) is 12.1 Å². The number of benzene rings is 1. The molecule has 0 aliphatic heterocycles. The summed E-state index contributed by atoms with van der Waals surface area (Å²) in [6.07, 6.45) is 0.0135. The molecule has 0 radical (unpaired) electrons. The lowest BCUT2D eigenvalue weighted by molar-refractivity contribution is 0.0626. The van der Waals surface area contributed by atoms with Crippen LogP contribution in [0.3, 0.4) is 0 Å². The molecule has 1 N–H and O–H groups in total. The number of hydrogen-bond donors (Lipinski definition) is 1. The largest absolute Gasteiger partial charge is 0.388 e. The van der Waals surface area contributed by atoms with Gasteiger partial charge in [0.2, 0.25) is 0 Å². The average molecular weight is 220 g/mol. The van der Waals surface area contributed by atoms with Crippen molar-refractivity contribution in [2.24, 2.45) is 5.41 Å². The summed E-state index contributed by atoms with van der Waals surface area (Å²) in [4.78, 5) is 11.4. The van der Waals surface area contributed by atoms with Crippen molar-refractivity contribution >= 4 is 5.78 Å². The fraction of sp³-hybridized carbons (Fsp3) is 0.500. The molecule has 0 aliphatic rings. The Morgan fingerprint density at radius 1 is 1.25 bits per heavy atom. The summed E-state index contributed by atoms with van der Waals surface area (Å²) in [5.41, 5.74) is 1.39. The van der Waals surface area contributed by atoms with Crippen LogP contribution in [0.25, 0.3) is 0 Å². The zero-order valence-electron chi connectivity index (χ0n) is 10.4. The standard InChI is InChI=1S/C14H20O2/c1-5-12(15)10-6-8-11(9-7-10)13(16)14(2,3)4/h6-9,13,16H,5H2,1-4H3. The fourth-order valence-corrected chi connectivity index (χ4v) is 1.56. The maximum Gasteiger partial charge on any atom is 0.162 e. The van der Waals surface area contributed by atoms with Crippen molar-refractivity contribution in [2.45, 2.75) is 40.2 Å². The van der Waals surface area contributed by atoms with Gasteiger partial charge in [-0.25, -0.2) is 0 Å². The third kappa shape index (κ3) is 2.92. The van der Waals surface area contributed by atoms with Crippen LogP contribution in [0.2, 0.25) is 0 Å². The van der Waals surface area contributed by atoms with E-state index in [-0.39, 0.29) is 11.2 Å². The molecule has 1 aromatic carbocycles. The van der Waals surface area contributed by atoms with Crippen molar-refractivity contribution in [3.63, 3.8) is 0 Å². The quantitative estimate of drug-likeness (QED) is 0.793. The van der Waals surface area contributed by atoms with Crippen molar-refractivity contribution in [3.05, 3.63) is 35.4 Å². The third-order valence-corrected chi connectivity index (χ3v) is 2.69. The van der Waals surface area contributed by atoms with Gasteiger partial charge in [0.05, 0.1) is 6.10 Å². The van der Waals surface area contributed by atoms with E-state index in [0.29, 0.717) is 12.0 Å². The molecule has 0 saturated carbocycles. The van der Waals surface area contributed by atoms with E-state index in [4.69, 9.17) is 0 Å². The van der Waals surface area contributed by atoms with Crippen LogP contribution < -0.4 is 0 Å². The maximum absolute atomic E-state index is 11.4. The van der Waals surface area contributed by atoms with Crippen molar-refractivity contribution in [1.82, 2.24) is 0 Å². The highest BCUT2D eigenvalue weighted by atomic mass is 16.3. The molecule has 1 atom stereocenters. The second-order valence-electron chi connectivity index (χ2n) is 5.17. The lowest BCUT2D eigenvalue weighted by Gasteiger charge is -2.26. The van der Waals surface area contributed by atoms with Gasteiger partial charge in [-0.1, -0.05) is 52.0 Å². The van der Waals surface area contributed by atoms with Crippen LogP contribution >= 0.6 is 0 Å². The van der Waals surface area contributed by atoms with Gasteiger partial charge in [0, 0.05) is 12.0 Å². The average Bonchev–Trinajstić information content (AvgIpc) is 2.26. The van der Waals surface area contributed by atoms with Crippen molar-refractivity contribution in [2.75, 3.05) is 0 Å². The first-order valence-corrected chi connectivity index (χ1v) is 5.67. The predicted molar refractivity (Wildman–Crippen MR) is 65.5 cm³/mol. The highest BCUT2D eigenvalue weighted by Crippen LogP contribution is 2.32. The van der Waals surface area contributed by atoms with Crippen molar-refractivity contribution < 1.29 is 9.90 Å². The van der Waals surface area contributed by atoms with E-state index in [1.165, 1.54) is 0 Å². The molecule has 2 nitrogen and oxygen atoms in total. The smallest absolute Gasteiger partial charge is 0.162 e. The van der Waals surface area contributed by atoms with Gasteiger partial charge < -0.3 is 5.11 Å². The van der Waals surface area contributed by atoms with Crippen LogP contribution in [-0.2, 0) is 0 Å². The Kier molecular flexibility index (Phi) is 3.87. The first-order chi connectivity index (χ1) is 7.36. The van der Waals surface area contributed by atoms with Crippen LogP contribution in [0.15, 0.2) is 24.3 Å². The number of carbonyl (C=O) groups excluding carboxylic acids is 1. The summed E-state index contributed by atoms with van der Waals surface area (Å²) in [6.45, 7) is 7.81. The Labute approximate surface area is 97.3 Å². The molecular formula is C14H20O2. The fourth-order valence-electron chi connectivity index (χ4n) is 1.56. The van der Waals surface area contributed by atoms with Crippen LogP contribution in [0.1, 0.15) is 56.1 Å². The van der Waals surface area contributed by atoms with Gasteiger partial charge in [-0.3, -0.25) is 4.79 Å². The molecule has 1 rings (SSSR count). The molecule has 0 fully saturated rings. The molecule has 16 heavy (non-hydrogen) atoms. The number of hydrogen-bond acceptors (Lipinski definition) is 2. The van der Waals surface area contributed by atoms with Crippen LogP contribution in [-0.4, -0.2) is 10.9 Å². The van der Waals surface area contributed by atoms with E-state index < -0.39 is 6.10 Å². The van der Waals surface area contributed by atoms with E-state index in [2.05, 4.69) is 0 Å². The van der Waals surface area contributed by atoms with Gasteiger partial charge in [0.25, 0.3) is 0 Å². The van der Waals surface area contributed by atoms with Gasteiger partial charge in [-0.2, -0.15) is 0 Å². The molecular weight excluding hydrogens is 200 g/mol. The summed E-state index contributed by atoms with van der Waals surface area (Å²) >= 11 is 0. The van der Waals surface area contributed by atoms with Crippen LogP contribution in [0.4, 0.5) is 0 Å². The Morgan fingerprint density at radius 3 is 2.12 bits per heavy atom. The highest BCUT2D eigenvalue weighted by Gasteiger charge is 2.23. The van der Waals surface area contributed by atoms with Crippen LogP contribution in [0.5, 0.6) is 0 Å². The molecule has 0 heterocycles. The molecule has 0 spiro atoms. The number of Topliss-reactive ketones (excluding diaryl/α,β-unsaturated/α-hetero) is 1. The molecule has 1 aromatic rings. The lowest BCUT2D eigenvalue weighted by Crippen LogP contribution is -2.17. The second kappa shape index (κ2) is 4.79. The SMILES string of the molecule is CCC(=O)c1ccc(C(O)C(C)(C)C)cc1. The Hall–Kier alpha value is -1.15. The predicted octanol–water partition coefficient (Wildman–Crippen LogP) is 3.36. The van der Waals surface area contributed by atoms with Gasteiger partial charge in [-0.05, 0) is 11.0 Å². The number of ketones is 1. The summed E-state index contributed by atoms with van der Waals surface area (Å²) in [7, 11) is 0. The minimum atomic E-state index is -0.502. The Morgan fingerprint density at radius 2 is 1.75 bits per heavy atom. The summed E-state index contributed by atoms with van der Waals surface area (Å²) in [5.74, 6) is 0.136. The topological polar surface area (TPSA) is 37.3 Å². The molecule has 0 amide bonds. The van der Waals surface area contributed by atoms with Gasteiger partial charge in [-0.15, -0.1) is 0 Å². The molecule has 1 unspecified atom stereocenters. The first kappa shape index (κ1) is 12.9. The summed E-state index contributed by atoms with van der Waals surface area (Å²) in [6, 6.07) is 7.24. The zero-order chi connectivity index (χ0) is 12.3. The Balaban J connectivity index is 2.91. The summed E-state index contributed by atoms with van der Waals surface area (Å²) < 4.78 is 0. The molecule has 0 bridgehead atoms. The molecule has 2 heteroatoms. The number of aliphatic hydroxyl groups excluding tert-OH is 1. The molecule has 0 aromatic heterocycles. The molecule has 0 aliphatic carbocycles. The van der Waals surface area contributed by atoms with E-state index in [0.717, 1.165) is 5.56 Å².